The molecule has 0 aromatic heterocycles. The summed E-state index contributed by atoms with van der Waals surface area (Å²) in [6.07, 6.45) is 0. The Kier molecular flexibility index (Phi) is 3.00. The molecule has 11 heavy (non-hydrogen) atoms. The van der Waals surface area contributed by atoms with E-state index in [2.05, 4.69) is 0 Å². The van der Waals surface area contributed by atoms with Crippen LogP contribution in [0, 0.1) is 23.3 Å². The smallest absolute Gasteiger partial charge is 0.197 e. The zero-order chi connectivity index (χ0) is 7.72. The Labute approximate surface area is 60.2 Å². The van der Waals surface area contributed by atoms with Crippen LogP contribution in [0.15, 0.2) is 12.1 Å². The van der Waals surface area contributed by atoms with Gasteiger partial charge in [0.2, 0.25) is 0 Å². The Hall–Kier alpha value is -1.10. The second-order valence-electron chi connectivity index (χ2n) is 1.66. The van der Waals surface area contributed by atoms with Crippen LogP contribution in [0.25, 0.3) is 0 Å². The Morgan fingerprint density at radius 1 is 0.727 bits per heavy atom. The van der Waals surface area contributed by atoms with Gasteiger partial charge in [0.1, 0.15) is 0 Å². The standard InChI is InChI=1S/C6H2F4.H3N/c7-3-1-2-4(8)6(10)5(3)9;/h1-2H;1H3. The van der Waals surface area contributed by atoms with Crippen LogP contribution in [0.2, 0.25) is 0 Å². The summed E-state index contributed by atoms with van der Waals surface area (Å²) in [7, 11) is 0. The van der Waals surface area contributed by atoms with Crippen LogP contribution in [0.3, 0.4) is 0 Å². The summed E-state index contributed by atoms with van der Waals surface area (Å²) in [6.45, 7) is 0. The second kappa shape index (κ2) is 3.34. The molecular formula is C6H5F4N. The fraction of sp³-hybridized carbons (Fsp3) is 0. The highest BCUT2D eigenvalue weighted by molar-refractivity contribution is 5.10. The first-order valence-corrected chi connectivity index (χ1v) is 2.42. The van der Waals surface area contributed by atoms with E-state index < -0.39 is 23.3 Å². The molecule has 0 atom stereocenters. The first-order valence-electron chi connectivity index (χ1n) is 2.42. The number of rotatable bonds is 0. The van der Waals surface area contributed by atoms with Crippen molar-refractivity contribution in [1.82, 2.24) is 6.15 Å². The van der Waals surface area contributed by atoms with Crippen molar-refractivity contribution in [3.8, 4) is 0 Å². The van der Waals surface area contributed by atoms with Gasteiger partial charge in [0.25, 0.3) is 0 Å². The molecule has 0 aliphatic carbocycles. The number of benzene rings is 1. The molecule has 0 saturated heterocycles. The lowest BCUT2D eigenvalue weighted by Crippen LogP contribution is -1.93. The van der Waals surface area contributed by atoms with Crippen molar-refractivity contribution >= 4 is 0 Å². The molecule has 0 bridgehead atoms. The van der Waals surface area contributed by atoms with E-state index in [0.717, 1.165) is 0 Å². The van der Waals surface area contributed by atoms with E-state index in [-0.39, 0.29) is 6.15 Å². The summed E-state index contributed by atoms with van der Waals surface area (Å²) in [6, 6.07) is 1.04. The Balaban J connectivity index is 0.000001000. The van der Waals surface area contributed by atoms with Crippen molar-refractivity contribution in [1.29, 1.82) is 0 Å². The van der Waals surface area contributed by atoms with Crippen LogP contribution in [0.4, 0.5) is 17.6 Å². The van der Waals surface area contributed by atoms with E-state index in [1.54, 1.807) is 0 Å². The summed E-state index contributed by atoms with van der Waals surface area (Å²) in [5, 5.41) is 0. The maximum Gasteiger partial charge on any atom is 0.197 e. The predicted molar refractivity (Wildman–Crippen MR) is 31.3 cm³/mol. The number of hydrogen-bond donors (Lipinski definition) is 1. The first kappa shape index (κ1) is 9.90. The molecule has 3 N–H and O–H groups in total. The maximum atomic E-state index is 12.0. The minimum absolute atomic E-state index is 0. The van der Waals surface area contributed by atoms with E-state index in [4.69, 9.17) is 0 Å². The van der Waals surface area contributed by atoms with Crippen LogP contribution in [-0.2, 0) is 0 Å². The van der Waals surface area contributed by atoms with Crippen LogP contribution in [0.5, 0.6) is 0 Å². The van der Waals surface area contributed by atoms with Gasteiger partial charge < -0.3 is 6.15 Å². The summed E-state index contributed by atoms with van der Waals surface area (Å²) < 4.78 is 48.0. The monoisotopic (exact) mass is 167 g/mol. The average molecular weight is 167 g/mol. The highest BCUT2D eigenvalue weighted by atomic mass is 19.2. The van der Waals surface area contributed by atoms with Gasteiger partial charge in [-0.05, 0) is 12.1 Å². The van der Waals surface area contributed by atoms with Crippen molar-refractivity contribution in [3.05, 3.63) is 35.4 Å². The SMILES string of the molecule is Fc1ccc(F)c(F)c1F.N. The summed E-state index contributed by atoms with van der Waals surface area (Å²) in [5.74, 6) is -6.34. The van der Waals surface area contributed by atoms with Gasteiger partial charge in [0, 0.05) is 0 Å². The number of hydrogen-bond acceptors (Lipinski definition) is 1. The fourth-order valence-electron chi connectivity index (χ4n) is 0.502. The van der Waals surface area contributed by atoms with Crippen molar-refractivity contribution in [2.24, 2.45) is 0 Å². The highest BCUT2D eigenvalue weighted by Gasteiger charge is 2.11. The highest BCUT2D eigenvalue weighted by Crippen LogP contribution is 2.12. The largest absolute Gasteiger partial charge is 0.344 e. The minimum Gasteiger partial charge on any atom is -0.344 e. The van der Waals surface area contributed by atoms with Crippen molar-refractivity contribution in [2.45, 2.75) is 0 Å². The molecule has 1 aromatic rings. The molecule has 1 rings (SSSR count). The normalized spacial score (nSPS) is 9.09. The first-order chi connectivity index (χ1) is 4.63. The molecular weight excluding hydrogens is 162 g/mol. The van der Waals surface area contributed by atoms with E-state index >= 15 is 0 Å². The van der Waals surface area contributed by atoms with Gasteiger partial charge in [0.15, 0.2) is 23.3 Å². The lowest BCUT2D eigenvalue weighted by atomic mass is 10.3. The van der Waals surface area contributed by atoms with Crippen LogP contribution >= 0.6 is 0 Å². The molecule has 5 heteroatoms. The summed E-state index contributed by atoms with van der Waals surface area (Å²) >= 11 is 0. The van der Waals surface area contributed by atoms with Gasteiger partial charge in [-0.1, -0.05) is 0 Å². The van der Waals surface area contributed by atoms with Gasteiger partial charge in [0.05, 0.1) is 0 Å². The Bertz CT molecular complexity index is 234. The minimum atomic E-state index is -1.78. The summed E-state index contributed by atoms with van der Waals surface area (Å²) in [4.78, 5) is 0. The lowest BCUT2D eigenvalue weighted by molar-refractivity contribution is 0.409. The quantitative estimate of drug-likeness (QED) is 0.359. The molecule has 0 spiro atoms. The van der Waals surface area contributed by atoms with E-state index in [1.165, 1.54) is 0 Å². The third-order valence-electron chi connectivity index (χ3n) is 0.988. The molecule has 62 valence electrons. The molecule has 1 aromatic carbocycles. The third-order valence-corrected chi connectivity index (χ3v) is 0.988. The number of halogens is 4. The van der Waals surface area contributed by atoms with E-state index in [0.29, 0.717) is 12.1 Å². The molecule has 1 nitrogen and oxygen atoms in total. The average Bonchev–Trinajstić information content (AvgIpc) is 1.93. The Morgan fingerprint density at radius 3 is 1.27 bits per heavy atom. The molecule has 0 heterocycles. The molecule has 0 amide bonds. The summed E-state index contributed by atoms with van der Waals surface area (Å²) in [5.41, 5.74) is 0. The maximum absolute atomic E-state index is 12.0. The van der Waals surface area contributed by atoms with E-state index in [9.17, 15) is 17.6 Å². The van der Waals surface area contributed by atoms with Gasteiger partial charge in [-0.2, -0.15) is 0 Å². The zero-order valence-corrected chi connectivity index (χ0v) is 5.37. The third kappa shape index (κ3) is 1.68. The zero-order valence-electron chi connectivity index (χ0n) is 5.37. The molecule has 0 aliphatic rings. The molecule has 0 unspecified atom stereocenters. The van der Waals surface area contributed by atoms with Gasteiger partial charge in [-0.15, -0.1) is 0 Å². The van der Waals surface area contributed by atoms with Crippen LogP contribution in [-0.4, -0.2) is 0 Å². The van der Waals surface area contributed by atoms with Crippen LogP contribution in [0.1, 0.15) is 0 Å². The molecule has 0 saturated carbocycles. The fourth-order valence-corrected chi connectivity index (χ4v) is 0.502. The van der Waals surface area contributed by atoms with Crippen LogP contribution < -0.4 is 6.15 Å². The van der Waals surface area contributed by atoms with Crippen molar-refractivity contribution < 1.29 is 17.6 Å². The van der Waals surface area contributed by atoms with E-state index in [1.807, 2.05) is 0 Å². The second-order valence-corrected chi connectivity index (χ2v) is 1.66. The van der Waals surface area contributed by atoms with Crippen molar-refractivity contribution in [2.75, 3.05) is 0 Å². The van der Waals surface area contributed by atoms with Gasteiger partial charge >= 0.3 is 0 Å². The molecule has 0 aliphatic heterocycles. The Morgan fingerprint density at radius 2 is 1.00 bits per heavy atom. The molecule has 0 fully saturated rings. The predicted octanol–water partition coefficient (Wildman–Crippen LogP) is 2.40. The molecule has 0 radical (unpaired) electrons. The van der Waals surface area contributed by atoms with Gasteiger partial charge in [-0.3, -0.25) is 0 Å². The lowest BCUT2D eigenvalue weighted by Gasteiger charge is -1.93. The topological polar surface area (TPSA) is 35.0 Å². The van der Waals surface area contributed by atoms with Gasteiger partial charge in [-0.25, -0.2) is 17.6 Å². The van der Waals surface area contributed by atoms with Crippen molar-refractivity contribution in [3.63, 3.8) is 0 Å².